The highest BCUT2D eigenvalue weighted by Gasteiger charge is 2.34. The van der Waals surface area contributed by atoms with E-state index in [0.717, 1.165) is 6.42 Å². The van der Waals surface area contributed by atoms with Crippen molar-refractivity contribution in [2.45, 2.75) is 40.5 Å². The van der Waals surface area contributed by atoms with E-state index in [2.05, 4.69) is 39.8 Å². The molecule has 1 rings (SSSR count). The van der Waals surface area contributed by atoms with Crippen molar-refractivity contribution in [1.29, 1.82) is 0 Å². The second-order valence-corrected chi connectivity index (χ2v) is 4.83. The third kappa shape index (κ3) is 2.34. The van der Waals surface area contributed by atoms with E-state index >= 15 is 0 Å². The Labute approximate surface area is 86.9 Å². The van der Waals surface area contributed by atoms with Crippen molar-refractivity contribution < 1.29 is 4.79 Å². The standard InChI is InChI=1S/C13H20O/c1-5-6-7-12-10(2)8-11(14)9-13(12,3)4/h6-8,12H,5,9H2,1-4H3. The zero-order valence-electron chi connectivity index (χ0n) is 9.63. The van der Waals surface area contributed by atoms with Crippen molar-refractivity contribution in [3.05, 3.63) is 23.8 Å². The van der Waals surface area contributed by atoms with E-state index in [4.69, 9.17) is 0 Å². The van der Waals surface area contributed by atoms with E-state index in [-0.39, 0.29) is 11.2 Å². The molecule has 0 bridgehead atoms. The van der Waals surface area contributed by atoms with Crippen LogP contribution in [0.5, 0.6) is 0 Å². The van der Waals surface area contributed by atoms with Crippen LogP contribution in [0.15, 0.2) is 23.8 Å². The lowest BCUT2D eigenvalue weighted by Gasteiger charge is -2.35. The summed E-state index contributed by atoms with van der Waals surface area (Å²) < 4.78 is 0. The lowest BCUT2D eigenvalue weighted by molar-refractivity contribution is -0.117. The van der Waals surface area contributed by atoms with Gasteiger partial charge in [0.1, 0.15) is 0 Å². The minimum atomic E-state index is 0.0849. The minimum Gasteiger partial charge on any atom is -0.295 e. The molecule has 0 fully saturated rings. The smallest absolute Gasteiger partial charge is 0.156 e. The fourth-order valence-corrected chi connectivity index (χ4v) is 2.25. The maximum absolute atomic E-state index is 11.4. The van der Waals surface area contributed by atoms with Crippen molar-refractivity contribution in [3.63, 3.8) is 0 Å². The molecular formula is C13H20O. The molecule has 1 heteroatoms. The molecule has 0 spiro atoms. The van der Waals surface area contributed by atoms with Crippen LogP contribution >= 0.6 is 0 Å². The molecule has 0 N–H and O–H groups in total. The topological polar surface area (TPSA) is 17.1 Å². The van der Waals surface area contributed by atoms with E-state index in [1.807, 2.05) is 0 Å². The van der Waals surface area contributed by atoms with Gasteiger partial charge in [-0.05, 0) is 24.8 Å². The van der Waals surface area contributed by atoms with E-state index in [9.17, 15) is 4.79 Å². The summed E-state index contributed by atoms with van der Waals surface area (Å²) in [6.45, 7) is 8.54. The number of rotatable bonds is 2. The van der Waals surface area contributed by atoms with Crippen LogP contribution in [0.2, 0.25) is 0 Å². The van der Waals surface area contributed by atoms with Gasteiger partial charge in [-0.1, -0.05) is 38.5 Å². The van der Waals surface area contributed by atoms with Gasteiger partial charge in [0, 0.05) is 12.3 Å². The Bertz CT molecular complexity index is 282. The summed E-state index contributed by atoms with van der Waals surface area (Å²) >= 11 is 0. The Morgan fingerprint density at radius 2 is 2.21 bits per heavy atom. The predicted molar refractivity (Wildman–Crippen MR) is 60.1 cm³/mol. The van der Waals surface area contributed by atoms with Gasteiger partial charge in [-0.25, -0.2) is 0 Å². The third-order valence-electron chi connectivity index (χ3n) is 2.92. The molecule has 0 heterocycles. The molecule has 1 atom stereocenters. The normalized spacial score (nSPS) is 26.7. The van der Waals surface area contributed by atoms with E-state index in [0.29, 0.717) is 12.3 Å². The highest BCUT2D eigenvalue weighted by atomic mass is 16.1. The van der Waals surface area contributed by atoms with Gasteiger partial charge in [0.2, 0.25) is 0 Å². The number of hydrogen-bond acceptors (Lipinski definition) is 1. The van der Waals surface area contributed by atoms with Crippen LogP contribution in [-0.4, -0.2) is 5.78 Å². The quantitative estimate of drug-likeness (QED) is 0.612. The van der Waals surface area contributed by atoms with Gasteiger partial charge in [0.15, 0.2) is 5.78 Å². The largest absolute Gasteiger partial charge is 0.295 e. The number of allylic oxidation sites excluding steroid dienone is 4. The first-order valence-electron chi connectivity index (χ1n) is 5.35. The molecule has 0 aromatic heterocycles. The van der Waals surface area contributed by atoms with Crippen molar-refractivity contribution in [2.75, 3.05) is 0 Å². The summed E-state index contributed by atoms with van der Waals surface area (Å²) in [5.74, 6) is 0.703. The summed E-state index contributed by atoms with van der Waals surface area (Å²) in [4.78, 5) is 11.4. The average Bonchev–Trinajstić information content (AvgIpc) is 2.00. The SMILES string of the molecule is CCC=CC1C(C)=CC(=O)CC1(C)C. The van der Waals surface area contributed by atoms with Crippen LogP contribution in [0, 0.1) is 11.3 Å². The fourth-order valence-electron chi connectivity index (χ4n) is 2.25. The number of carbonyl (C=O) groups is 1. The highest BCUT2D eigenvalue weighted by Crippen LogP contribution is 2.40. The van der Waals surface area contributed by atoms with Gasteiger partial charge in [-0.3, -0.25) is 4.79 Å². The molecule has 0 amide bonds. The molecule has 78 valence electrons. The Balaban J connectivity index is 2.95. The van der Waals surface area contributed by atoms with Crippen LogP contribution in [0.25, 0.3) is 0 Å². The second kappa shape index (κ2) is 4.12. The van der Waals surface area contributed by atoms with Crippen LogP contribution < -0.4 is 0 Å². The predicted octanol–water partition coefficient (Wildman–Crippen LogP) is 3.51. The first-order chi connectivity index (χ1) is 6.47. The zero-order valence-corrected chi connectivity index (χ0v) is 9.63. The summed E-state index contributed by atoms with van der Waals surface area (Å²) in [6.07, 6.45) is 7.98. The number of hydrogen-bond donors (Lipinski definition) is 0. The molecule has 0 saturated heterocycles. The van der Waals surface area contributed by atoms with Crippen LogP contribution in [0.3, 0.4) is 0 Å². The molecule has 1 nitrogen and oxygen atoms in total. The Hall–Kier alpha value is -0.850. The number of ketones is 1. The van der Waals surface area contributed by atoms with Crippen molar-refractivity contribution in [1.82, 2.24) is 0 Å². The fraction of sp³-hybridized carbons (Fsp3) is 0.615. The van der Waals surface area contributed by atoms with E-state index < -0.39 is 0 Å². The first-order valence-corrected chi connectivity index (χ1v) is 5.35. The molecule has 0 radical (unpaired) electrons. The van der Waals surface area contributed by atoms with Gasteiger partial charge < -0.3 is 0 Å². The molecule has 0 aromatic carbocycles. The van der Waals surface area contributed by atoms with Crippen LogP contribution in [-0.2, 0) is 4.79 Å². The van der Waals surface area contributed by atoms with E-state index in [1.54, 1.807) is 6.08 Å². The zero-order chi connectivity index (χ0) is 10.8. The lowest BCUT2D eigenvalue weighted by atomic mass is 9.68. The Morgan fingerprint density at radius 3 is 2.71 bits per heavy atom. The third-order valence-corrected chi connectivity index (χ3v) is 2.92. The van der Waals surface area contributed by atoms with Crippen molar-refractivity contribution in [3.8, 4) is 0 Å². The maximum Gasteiger partial charge on any atom is 0.156 e. The molecule has 1 unspecified atom stereocenters. The van der Waals surface area contributed by atoms with Gasteiger partial charge >= 0.3 is 0 Å². The monoisotopic (exact) mass is 192 g/mol. The van der Waals surface area contributed by atoms with Gasteiger partial charge in [0.25, 0.3) is 0 Å². The molecule has 0 saturated carbocycles. The summed E-state index contributed by atoms with van der Waals surface area (Å²) in [5, 5.41) is 0. The molecule has 0 aromatic rings. The highest BCUT2D eigenvalue weighted by molar-refractivity contribution is 5.92. The van der Waals surface area contributed by atoms with E-state index in [1.165, 1.54) is 5.57 Å². The minimum absolute atomic E-state index is 0.0849. The Morgan fingerprint density at radius 1 is 1.57 bits per heavy atom. The summed E-state index contributed by atoms with van der Waals surface area (Å²) in [5.41, 5.74) is 1.29. The average molecular weight is 192 g/mol. The van der Waals surface area contributed by atoms with Gasteiger partial charge in [0.05, 0.1) is 0 Å². The molecule has 1 aliphatic rings. The molecule has 0 aliphatic heterocycles. The van der Waals surface area contributed by atoms with Crippen molar-refractivity contribution in [2.24, 2.45) is 11.3 Å². The van der Waals surface area contributed by atoms with Crippen LogP contribution in [0.1, 0.15) is 40.5 Å². The Kier molecular flexibility index (Phi) is 3.30. The molecular weight excluding hydrogens is 172 g/mol. The van der Waals surface area contributed by atoms with Crippen molar-refractivity contribution >= 4 is 5.78 Å². The van der Waals surface area contributed by atoms with Gasteiger partial charge in [-0.15, -0.1) is 0 Å². The number of carbonyl (C=O) groups excluding carboxylic acids is 1. The molecule has 14 heavy (non-hydrogen) atoms. The summed E-state index contributed by atoms with van der Waals surface area (Å²) in [6, 6.07) is 0. The molecule has 1 aliphatic carbocycles. The summed E-state index contributed by atoms with van der Waals surface area (Å²) in [7, 11) is 0. The maximum atomic E-state index is 11.4. The lowest BCUT2D eigenvalue weighted by Crippen LogP contribution is -2.30. The van der Waals surface area contributed by atoms with Gasteiger partial charge in [-0.2, -0.15) is 0 Å². The first kappa shape index (κ1) is 11.2. The second-order valence-electron chi connectivity index (χ2n) is 4.83. The van der Waals surface area contributed by atoms with Crippen LogP contribution in [0.4, 0.5) is 0 Å².